The van der Waals surface area contributed by atoms with E-state index in [2.05, 4.69) is 15.6 Å². The summed E-state index contributed by atoms with van der Waals surface area (Å²) in [6, 6.07) is 18.6. The standard InChI is InChI=1S/C29H28N4O5S/c1-29(2,3)38-28(35)32-26-9-5-4-8-25(26)31-27(34)15-10-21-16-18-33(20-21)39(36,37)24-13-11-22(12-14-24)23-7-6-17-30-19-23/h4-20H,1-3H3,(H,31,34)(H,32,35). The Kier molecular flexibility index (Phi) is 7.96. The topological polar surface area (TPSA) is 119 Å². The number of hydrogen-bond acceptors (Lipinski definition) is 6. The van der Waals surface area contributed by atoms with Crippen LogP contribution in [0.3, 0.4) is 0 Å². The van der Waals surface area contributed by atoms with Crippen LogP contribution < -0.4 is 10.6 Å². The van der Waals surface area contributed by atoms with E-state index in [1.807, 2.05) is 12.1 Å². The van der Waals surface area contributed by atoms with Crippen LogP contribution in [0.2, 0.25) is 0 Å². The molecule has 9 nitrogen and oxygen atoms in total. The predicted octanol–water partition coefficient (Wildman–Crippen LogP) is 5.79. The maximum atomic E-state index is 13.1. The molecule has 0 aliphatic heterocycles. The monoisotopic (exact) mass is 544 g/mol. The molecule has 39 heavy (non-hydrogen) atoms. The van der Waals surface area contributed by atoms with Crippen LogP contribution in [0.25, 0.3) is 17.2 Å². The summed E-state index contributed by atoms with van der Waals surface area (Å²) in [6.45, 7) is 5.26. The molecule has 0 radical (unpaired) electrons. The van der Waals surface area contributed by atoms with Crippen molar-refractivity contribution in [3.8, 4) is 11.1 Å². The first kappa shape index (κ1) is 27.3. The summed E-state index contributed by atoms with van der Waals surface area (Å²) in [4.78, 5) is 28.9. The Morgan fingerprint density at radius 3 is 2.23 bits per heavy atom. The first-order chi connectivity index (χ1) is 18.5. The number of amides is 2. The first-order valence-corrected chi connectivity index (χ1v) is 13.5. The smallest absolute Gasteiger partial charge is 0.412 e. The van der Waals surface area contributed by atoms with Crippen LogP contribution in [0, 0.1) is 0 Å². The zero-order valence-corrected chi connectivity index (χ0v) is 22.5. The van der Waals surface area contributed by atoms with Crippen LogP contribution in [-0.2, 0) is 19.6 Å². The molecule has 4 aromatic rings. The second-order valence-corrected chi connectivity index (χ2v) is 11.4. The SMILES string of the molecule is CC(C)(C)OC(=O)Nc1ccccc1NC(=O)C=Cc1ccn(S(=O)(=O)c2ccc(-c3cccnc3)cc2)c1. The van der Waals surface area contributed by atoms with Crippen molar-refractivity contribution in [3.05, 3.63) is 103 Å². The van der Waals surface area contributed by atoms with Crippen molar-refractivity contribution in [2.75, 3.05) is 10.6 Å². The highest BCUT2D eigenvalue weighted by Crippen LogP contribution is 2.24. The van der Waals surface area contributed by atoms with Gasteiger partial charge in [0, 0.05) is 30.9 Å². The van der Waals surface area contributed by atoms with Gasteiger partial charge in [-0.2, -0.15) is 0 Å². The number of aromatic nitrogens is 2. The van der Waals surface area contributed by atoms with Crippen molar-refractivity contribution < 1.29 is 22.7 Å². The normalized spacial score (nSPS) is 11.8. The number of carbonyl (C=O) groups excluding carboxylic acids is 2. The van der Waals surface area contributed by atoms with Crippen LogP contribution in [0.1, 0.15) is 26.3 Å². The summed E-state index contributed by atoms with van der Waals surface area (Å²) in [7, 11) is -3.82. The second kappa shape index (κ2) is 11.4. The highest BCUT2D eigenvalue weighted by atomic mass is 32.2. The fraction of sp³-hybridized carbons (Fsp3) is 0.138. The first-order valence-electron chi connectivity index (χ1n) is 12.0. The fourth-order valence-electron chi connectivity index (χ4n) is 3.58. The lowest BCUT2D eigenvalue weighted by molar-refractivity contribution is -0.111. The molecule has 2 heterocycles. The second-order valence-electron chi connectivity index (χ2n) is 9.54. The van der Waals surface area contributed by atoms with Crippen LogP contribution in [0.4, 0.5) is 16.2 Å². The molecule has 0 aliphatic carbocycles. The summed E-state index contributed by atoms with van der Waals surface area (Å²) >= 11 is 0. The Labute approximate surface area is 227 Å². The van der Waals surface area contributed by atoms with E-state index in [-0.39, 0.29) is 4.90 Å². The van der Waals surface area contributed by atoms with Gasteiger partial charge in [-0.15, -0.1) is 0 Å². The molecule has 2 aromatic heterocycles. The van der Waals surface area contributed by atoms with Crippen molar-refractivity contribution in [1.29, 1.82) is 0 Å². The number of ether oxygens (including phenoxy) is 1. The Bertz CT molecular complexity index is 1600. The lowest BCUT2D eigenvalue weighted by Gasteiger charge is -2.20. The Hall–Kier alpha value is -4.70. The van der Waals surface area contributed by atoms with Gasteiger partial charge < -0.3 is 10.1 Å². The largest absolute Gasteiger partial charge is 0.444 e. The van der Waals surface area contributed by atoms with Gasteiger partial charge in [0.25, 0.3) is 10.0 Å². The number of nitrogens with zero attached hydrogens (tertiary/aromatic N) is 2. The minimum atomic E-state index is -3.82. The van der Waals surface area contributed by atoms with E-state index >= 15 is 0 Å². The van der Waals surface area contributed by atoms with Crippen molar-refractivity contribution in [2.45, 2.75) is 31.3 Å². The van der Waals surface area contributed by atoms with Crippen molar-refractivity contribution in [1.82, 2.24) is 8.96 Å². The number of anilines is 2. The minimum Gasteiger partial charge on any atom is -0.444 e. The third-order valence-electron chi connectivity index (χ3n) is 5.36. The number of para-hydroxylation sites is 2. The molecule has 0 atom stereocenters. The summed E-state index contributed by atoms with van der Waals surface area (Å²) < 4.78 is 32.5. The highest BCUT2D eigenvalue weighted by Gasteiger charge is 2.18. The van der Waals surface area contributed by atoms with Crippen LogP contribution >= 0.6 is 0 Å². The van der Waals surface area contributed by atoms with Gasteiger partial charge in [0.2, 0.25) is 5.91 Å². The molecule has 0 aliphatic rings. The number of nitrogens with one attached hydrogen (secondary N) is 2. The molecule has 4 rings (SSSR count). The molecular formula is C29H28N4O5S. The van der Waals surface area contributed by atoms with Crippen molar-refractivity contribution in [2.24, 2.45) is 0 Å². The predicted molar refractivity (Wildman–Crippen MR) is 151 cm³/mol. The van der Waals surface area contributed by atoms with E-state index in [0.29, 0.717) is 16.9 Å². The molecule has 0 unspecified atom stereocenters. The summed E-state index contributed by atoms with van der Waals surface area (Å²) in [5, 5.41) is 5.33. The molecule has 0 fully saturated rings. The highest BCUT2D eigenvalue weighted by molar-refractivity contribution is 7.90. The molecule has 0 saturated heterocycles. The van der Waals surface area contributed by atoms with Gasteiger partial charge in [-0.3, -0.25) is 15.1 Å². The number of rotatable bonds is 7. The molecule has 2 amide bonds. The van der Waals surface area contributed by atoms with Gasteiger partial charge in [0.15, 0.2) is 0 Å². The van der Waals surface area contributed by atoms with E-state index in [9.17, 15) is 18.0 Å². The van der Waals surface area contributed by atoms with Crippen LogP contribution in [0.5, 0.6) is 0 Å². The summed E-state index contributed by atoms with van der Waals surface area (Å²) in [5.74, 6) is -0.463. The van der Waals surface area contributed by atoms with Gasteiger partial charge in [-0.25, -0.2) is 17.2 Å². The molecule has 10 heteroatoms. The number of hydrogen-bond donors (Lipinski definition) is 2. The quantitative estimate of drug-likeness (QED) is 0.285. The maximum absolute atomic E-state index is 13.1. The van der Waals surface area contributed by atoms with Gasteiger partial charge in [-0.1, -0.05) is 30.3 Å². The average molecular weight is 545 g/mol. The zero-order valence-electron chi connectivity index (χ0n) is 21.7. The third-order valence-corrected chi connectivity index (χ3v) is 7.01. The molecule has 0 spiro atoms. The van der Waals surface area contributed by atoms with Crippen LogP contribution in [0.15, 0.2) is 102 Å². The molecular weight excluding hydrogens is 516 g/mol. The fourth-order valence-corrected chi connectivity index (χ4v) is 4.78. The Morgan fingerprint density at radius 2 is 1.59 bits per heavy atom. The molecule has 2 N–H and O–H groups in total. The molecule has 2 aromatic carbocycles. The van der Waals surface area contributed by atoms with Gasteiger partial charge in [0.1, 0.15) is 5.60 Å². The van der Waals surface area contributed by atoms with Crippen molar-refractivity contribution in [3.63, 3.8) is 0 Å². The lowest BCUT2D eigenvalue weighted by Crippen LogP contribution is -2.27. The van der Waals surface area contributed by atoms with Crippen molar-refractivity contribution >= 4 is 39.5 Å². The van der Waals surface area contributed by atoms with Crippen LogP contribution in [-0.4, -0.2) is 35.0 Å². The minimum absolute atomic E-state index is 0.133. The van der Waals surface area contributed by atoms with Gasteiger partial charge in [0.05, 0.1) is 16.3 Å². The molecule has 200 valence electrons. The van der Waals surface area contributed by atoms with Gasteiger partial charge >= 0.3 is 6.09 Å². The number of pyridine rings is 1. The Balaban J connectivity index is 1.42. The summed E-state index contributed by atoms with van der Waals surface area (Å²) in [5.41, 5.74) is 2.34. The molecule has 0 bridgehead atoms. The van der Waals surface area contributed by atoms with E-state index in [0.717, 1.165) is 15.1 Å². The maximum Gasteiger partial charge on any atom is 0.412 e. The zero-order chi connectivity index (χ0) is 28.0. The third kappa shape index (κ3) is 7.20. The van der Waals surface area contributed by atoms with E-state index in [1.165, 1.54) is 24.5 Å². The average Bonchev–Trinajstić information content (AvgIpc) is 3.38. The van der Waals surface area contributed by atoms with E-state index in [4.69, 9.17) is 4.74 Å². The summed E-state index contributed by atoms with van der Waals surface area (Å²) in [6.07, 6.45) is 8.35. The molecule has 0 saturated carbocycles. The lowest BCUT2D eigenvalue weighted by atomic mass is 10.1. The van der Waals surface area contributed by atoms with E-state index in [1.54, 1.807) is 87.8 Å². The number of benzene rings is 2. The number of carbonyl (C=O) groups is 2. The van der Waals surface area contributed by atoms with E-state index < -0.39 is 27.6 Å². The Morgan fingerprint density at radius 1 is 0.897 bits per heavy atom. The van der Waals surface area contributed by atoms with Gasteiger partial charge in [-0.05, 0) is 79.9 Å².